The molecule has 0 saturated heterocycles. The van der Waals surface area contributed by atoms with Gasteiger partial charge in [-0.05, 0) is 38.2 Å². The second-order valence-corrected chi connectivity index (χ2v) is 9.19. The molecule has 0 radical (unpaired) electrons. The molecule has 2 aliphatic carbocycles. The fourth-order valence-corrected chi connectivity index (χ4v) is 5.06. The Morgan fingerprint density at radius 2 is 2.07 bits per heavy atom. The monoisotopic (exact) mass is 442 g/mol. The van der Waals surface area contributed by atoms with E-state index in [1.165, 1.54) is 15.7 Å². The number of aryl methyl sites for hydroxylation is 1. The number of aromatic nitrogens is 4. The second kappa shape index (κ2) is 6.61. The molecule has 0 bridgehead atoms. The fraction of sp³-hybridized carbons (Fsp3) is 0.526. The highest BCUT2D eigenvalue weighted by molar-refractivity contribution is 7.17. The van der Waals surface area contributed by atoms with Crippen molar-refractivity contribution in [1.82, 2.24) is 19.2 Å². The van der Waals surface area contributed by atoms with Crippen LogP contribution < -0.4 is 5.56 Å². The molecule has 5 rings (SSSR count). The Kier molecular flexibility index (Phi) is 4.34. The number of hydrogen-bond acceptors (Lipinski definition) is 5. The number of halogens is 4. The predicted molar refractivity (Wildman–Crippen MR) is 100 cm³/mol. The highest BCUT2D eigenvalue weighted by Gasteiger charge is 2.42. The summed E-state index contributed by atoms with van der Waals surface area (Å²) in [4.78, 5) is 18.2. The molecule has 2 aliphatic rings. The average Bonchev–Trinajstić information content (AvgIpc) is 3.59. The van der Waals surface area contributed by atoms with Crippen molar-refractivity contribution < 1.29 is 22.7 Å². The first kappa shape index (κ1) is 19.7. The Balaban J connectivity index is 1.57. The molecule has 6 nitrogen and oxygen atoms in total. The van der Waals surface area contributed by atoms with Crippen LogP contribution in [0.25, 0.3) is 4.96 Å². The van der Waals surface area contributed by atoms with Crippen LogP contribution in [-0.2, 0) is 12.7 Å². The Morgan fingerprint density at radius 1 is 1.33 bits per heavy atom. The van der Waals surface area contributed by atoms with Crippen molar-refractivity contribution in [2.24, 2.45) is 5.92 Å². The zero-order chi connectivity index (χ0) is 21.4. The molecule has 2 unspecified atom stereocenters. The lowest BCUT2D eigenvalue weighted by atomic mass is 10.2. The van der Waals surface area contributed by atoms with E-state index in [1.54, 1.807) is 0 Å². The number of alkyl halides is 3. The number of nitrogens with zero attached hydrogens (tertiary/aromatic N) is 4. The van der Waals surface area contributed by atoms with Crippen molar-refractivity contribution in [2.75, 3.05) is 6.61 Å². The minimum Gasteiger partial charge on any atom is -0.396 e. The van der Waals surface area contributed by atoms with Gasteiger partial charge < -0.3 is 5.11 Å². The fourth-order valence-electron chi connectivity index (χ4n) is 4.01. The van der Waals surface area contributed by atoms with Crippen LogP contribution in [0.5, 0.6) is 0 Å². The van der Waals surface area contributed by atoms with Gasteiger partial charge in [0.25, 0.3) is 5.56 Å². The molecule has 2 atom stereocenters. The molecular weight excluding hydrogens is 424 g/mol. The third-order valence-electron chi connectivity index (χ3n) is 5.82. The summed E-state index contributed by atoms with van der Waals surface area (Å²) in [7, 11) is 0. The third-order valence-corrected chi connectivity index (χ3v) is 6.79. The van der Waals surface area contributed by atoms with Crippen LogP contribution in [0, 0.1) is 18.7 Å². The van der Waals surface area contributed by atoms with Gasteiger partial charge >= 0.3 is 6.18 Å². The van der Waals surface area contributed by atoms with Gasteiger partial charge in [-0.25, -0.2) is 4.98 Å². The van der Waals surface area contributed by atoms with Crippen LogP contribution in [0.3, 0.4) is 0 Å². The van der Waals surface area contributed by atoms with Crippen molar-refractivity contribution in [3.63, 3.8) is 0 Å². The van der Waals surface area contributed by atoms with Gasteiger partial charge in [0.05, 0.1) is 6.54 Å². The lowest BCUT2D eigenvalue weighted by Crippen LogP contribution is -2.24. The zero-order valence-corrected chi connectivity index (χ0v) is 16.7. The molecular formula is C19H18F4N4O2S. The van der Waals surface area contributed by atoms with E-state index in [4.69, 9.17) is 0 Å². The molecule has 160 valence electrons. The summed E-state index contributed by atoms with van der Waals surface area (Å²) in [5, 5.41) is 13.0. The largest absolute Gasteiger partial charge is 0.435 e. The third kappa shape index (κ3) is 3.15. The maximum Gasteiger partial charge on any atom is 0.435 e. The molecule has 3 heterocycles. The number of fused-ring (bicyclic) bond motifs is 1. The van der Waals surface area contributed by atoms with E-state index in [1.807, 2.05) is 6.92 Å². The topological polar surface area (TPSA) is 72.4 Å². The van der Waals surface area contributed by atoms with Crippen LogP contribution in [0.15, 0.2) is 10.9 Å². The smallest absolute Gasteiger partial charge is 0.396 e. The van der Waals surface area contributed by atoms with Crippen molar-refractivity contribution in [1.29, 1.82) is 0 Å². The second-order valence-electron chi connectivity index (χ2n) is 8.01. The molecule has 0 amide bonds. The van der Waals surface area contributed by atoms with Gasteiger partial charge in [-0.3, -0.25) is 13.9 Å². The van der Waals surface area contributed by atoms with E-state index in [-0.39, 0.29) is 36.6 Å². The summed E-state index contributed by atoms with van der Waals surface area (Å²) in [6.45, 7) is 1.47. The summed E-state index contributed by atoms with van der Waals surface area (Å²) < 4.78 is 56.6. The minimum absolute atomic E-state index is 0.00499. The SMILES string of the molecule is Cc1sc2nc(Cn3nc(C(F)(F)F)cc3C3CC3)c(F)c(=O)n2c1C1CC1CO. The van der Waals surface area contributed by atoms with Crippen LogP contribution in [0.4, 0.5) is 17.6 Å². The first-order valence-electron chi connectivity index (χ1n) is 9.65. The first-order chi connectivity index (χ1) is 14.2. The van der Waals surface area contributed by atoms with E-state index in [2.05, 4.69) is 10.1 Å². The minimum atomic E-state index is -4.60. The lowest BCUT2D eigenvalue weighted by molar-refractivity contribution is -0.141. The molecule has 3 aromatic rings. The molecule has 30 heavy (non-hydrogen) atoms. The summed E-state index contributed by atoms with van der Waals surface area (Å²) in [5.74, 6) is -1.10. The van der Waals surface area contributed by atoms with Crippen molar-refractivity contribution in [3.8, 4) is 0 Å². The molecule has 11 heteroatoms. The number of hydrogen-bond donors (Lipinski definition) is 1. The Bertz CT molecular complexity index is 1210. The molecule has 0 spiro atoms. The quantitative estimate of drug-likeness (QED) is 0.615. The van der Waals surface area contributed by atoms with E-state index >= 15 is 0 Å². The maximum atomic E-state index is 15.0. The zero-order valence-electron chi connectivity index (χ0n) is 15.9. The van der Waals surface area contributed by atoms with Crippen molar-refractivity contribution in [2.45, 2.75) is 50.7 Å². The van der Waals surface area contributed by atoms with Crippen LogP contribution in [0.2, 0.25) is 0 Å². The van der Waals surface area contributed by atoms with Gasteiger partial charge in [0.15, 0.2) is 10.7 Å². The van der Waals surface area contributed by atoms with Gasteiger partial charge in [-0.1, -0.05) is 0 Å². The highest BCUT2D eigenvalue weighted by Crippen LogP contribution is 2.49. The van der Waals surface area contributed by atoms with Gasteiger partial charge in [0.1, 0.15) is 5.69 Å². The molecule has 1 N–H and O–H groups in total. The summed E-state index contributed by atoms with van der Waals surface area (Å²) in [6, 6.07) is 0.997. The number of rotatable bonds is 5. The number of aliphatic hydroxyl groups is 1. The van der Waals surface area contributed by atoms with E-state index < -0.39 is 23.2 Å². The average molecular weight is 442 g/mol. The highest BCUT2D eigenvalue weighted by atomic mass is 32.1. The van der Waals surface area contributed by atoms with Gasteiger partial charge in [0, 0.05) is 34.7 Å². The standard InChI is InChI=1S/C19H18F4N4O2S/c1-8-16(11-4-10(11)7-28)27-17(29)15(20)12(24-18(27)30-8)6-26-13(9-2-3-9)5-14(25-26)19(21,22)23/h5,9-11,28H,2-4,6-7H2,1H3. The summed E-state index contributed by atoms with van der Waals surface area (Å²) in [6.07, 6.45) is -2.38. The van der Waals surface area contributed by atoms with Crippen LogP contribution >= 0.6 is 11.3 Å². The summed E-state index contributed by atoms with van der Waals surface area (Å²) in [5.41, 5.74) is -1.07. The van der Waals surface area contributed by atoms with Gasteiger partial charge in [0.2, 0.25) is 5.82 Å². The molecule has 2 fully saturated rings. The van der Waals surface area contributed by atoms with Gasteiger partial charge in [-0.2, -0.15) is 22.7 Å². The number of thiazole rings is 1. The van der Waals surface area contributed by atoms with Crippen molar-refractivity contribution >= 4 is 16.3 Å². The Labute approximate surface area is 171 Å². The van der Waals surface area contributed by atoms with Crippen LogP contribution in [0.1, 0.15) is 58.8 Å². The predicted octanol–water partition coefficient (Wildman–Crippen LogP) is 3.44. The molecule has 2 saturated carbocycles. The molecule has 0 aromatic carbocycles. The molecule has 3 aromatic heterocycles. The van der Waals surface area contributed by atoms with E-state index in [0.29, 0.717) is 16.3 Å². The number of aliphatic hydroxyl groups excluding tert-OH is 1. The van der Waals surface area contributed by atoms with Crippen LogP contribution in [-0.4, -0.2) is 30.9 Å². The Morgan fingerprint density at radius 3 is 2.67 bits per heavy atom. The normalized spacial score (nSPS) is 21.5. The van der Waals surface area contributed by atoms with Crippen molar-refractivity contribution in [3.05, 3.63) is 49.9 Å². The maximum absolute atomic E-state index is 15.0. The lowest BCUT2D eigenvalue weighted by Gasteiger charge is -2.08. The molecule has 0 aliphatic heterocycles. The summed E-state index contributed by atoms with van der Waals surface area (Å²) >= 11 is 1.23. The van der Waals surface area contributed by atoms with E-state index in [0.717, 1.165) is 34.9 Å². The van der Waals surface area contributed by atoms with Gasteiger partial charge in [-0.15, -0.1) is 11.3 Å². The first-order valence-corrected chi connectivity index (χ1v) is 10.5. The Hall–Kier alpha value is -2.27. The van der Waals surface area contributed by atoms with E-state index in [9.17, 15) is 27.5 Å².